The van der Waals surface area contributed by atoms with Crippen LogP contribution in [0.25, 0.3) is 0 Å². The molecule has 2 aromatic rings. The Kier molecular flexibility index (Phi) is 7.35. The van der Waals surface area contributed by atoms with Crippen LogP contribution >= 0.6 is 0 Å². The van der Waals surface area contributed by atoms with Gasteiger partial charge in [0.15, 0.2) is 11.6 Å². The van der Waals surface area contributed by atoms with E-state index in [1.807, 2.05) is 0 Å². The van der Waals surface area contributed by atoms with Gasteiger partial charge in [-0.15, -0.1) is 0 Å². The van der Waals surface area contributed by atoms with Crippen molar-refractivity contribution < 1.29 is 23.5 Å². The molecule has 1 amide bonds. The standard InChI is InChI=1S/C23H30F2N6O3/c1-22(2,3)23(26,13-17(32)33)30-20(34)15-5-6-16(19(25)18(15)24)31-11-7-14(8-12-31)29-21-27-9-4-10-28-21/h4-6,9-10,14H,7-8,11-13,26H2,1-3H3,(H,30,34)(H,32,33)(H,27,28,29). The number of carbonyl (C=O) groups excluding carboxylic acids is 1. The first kappa shape index (κ1) is 25.3. The molecular formula is C23H30F2N6O3. The fraction of sp³-hybridized carbons (Fsp3) is 0.478. The number of nitrogens with zero attached hydrogens (tertiary/aromatic N) is 3. The SMILES string of the molecule is CC(C)(C)C(N)(CC(=O)O)NC(=O)c1ccc(N2CCC(Nc3ncccn3)CC2)c(F)c1F. The fourth-order valence-corrected chi connectivity index (χ4v) is 3.79. The number of piperidine rings is 1. The number of carboxylic acids is 1. The summed E-state index contributed by atoms with van der Waals surface area (Å²) in [6.45, 7) is 5.90. The third-order valence-corrected chi connectivity index (χ3v) is 6.15. The summed E-state index contributed by atoms with van der Waals surface area (Å²) in [5, 5.41) is 14.8. The second-order valence-corrected chi connectivity index (χ2v) is 9.48. The van der Waals surface area contributed by atoms with Crippen LogP contribution in [-0.2, 0) is 4.79 Å². The number of hydrogen-bond acceptors (Lipinski definition) is 7. The minimum absolute atomic E-state index is 0.0591. The highest BCUT2D eigenvalue weighted by atomic mass is 19.2. The van der Waals surface area contributed by atoms with Gasteiger partial charge in [-0.1, -0.05) is 20.8 Å². The van der Waals surface area contributed by atoms with E-state index in [0.29, 0.717) is 31.9 Å². The van der Waals surface area contributed by atoms with Crippen molar-refractivity contribution in [2.75, 3.05) is 23.3 Å². The molecule has 2 heterocycles. The lowest BCUT2D eigenvalue weighted by molar-refractivity contribution is -0.139. The second-order valence-electron chi connectivity index (χ2n) is 9.48. The largest absolute Gasteiger partial charge is 0.481 e. The molecule has 34 heavy (non-hydrogen) atoms. The zero-order chi connectivity index (χ0) is 25.1. The quantitative estimate of drug-likeness (QED) is 0.448. The van der Waals surface area contributed by atoms with E-state index in [0.717, 1.165) is 0 Å². The summed E-state index contributed by atoms with van der Waals surface area (Å²) in [4.78, 5) is 34.0. The van der Waals surface area contributed by atoms with Crippen LogP contribution in [0.2, 0.25) is 0 Å². The zero-order valence-corrected chi connectivity index (χ0v) is 19.4. The van der Waals surface area contributed by atoms with Crippen molar-refractivity contribution in [2.24, 2.45) is 11.1 Å². The van der Waals surface area contributed by atoms with Gasteiger partial charge in [0, 0.05) is 31.5 Å². The number of hydrogen-bond donors (Lipinski definition) is 4. The molecule has 1 aromatic heterocycles. The van der Waals surface area contributed by atoms with Crippen molar-refractivity contribution >= 4 is 23.5 Å². The smallest absolute Gasteiger partial charge is 0.307 e. The number of aliphatic carboxylic acids is 1. The third kappa shape index (κ3) is 5.58. The molecule has 1 aliphatic heterocycles. The van der Waals surface area contributed by atoms with E-state index in [4.69, 9.17) is 5.73 Å². The second kappa shape index (κ2) is 9.88. The lowest BCUT2D eigenvalue weighted by Gasteiger charge is -2.41. The van der Waals surface area contributed by atoms with Gasteiger partial charge in [0.25, 0.3) is 5.91 Å². The van der Waals surface area contributed by atoms with E-state index in [1.54, 1.807) is 44.1 Å². The van der Waals surface area contributed by atoms with Gasteiger partial charge in [-0.2, -0.15) is 0 Å². The molecule has 1 fully saturated rings. The van der Waals surface area contributed by atoms with Gasteiger partial charge in [0.2, 0.25) is 5.95 Å². The first-order valence-corrected chi connectivity index (χ1v) is 11.0. The number of nitrogens with one attached hydrogen (secondary N) is 2. The van der Waals surface area contributed by atoms with Crippen LogP contribution in [0.1, 0.15) is 50.4 Å². The summed E-state index contributed by atoms with van der Waals surface area (Å²) in [7, 11) is 0. The summed E-state index contributed by atoms with van der Waals surface area (Å²) < 4.78 is 29.9. The Balaban J connectivity index is 1.71. The summed E-state index contributed by atoms with van der Waals surface area (Å²) >= 11 is 0. The Morgan fingerprint density at radius 2 is 1.76 bits per heavy atom. The molecule has 1 aliphatic rings. The molecule has 1 unspecified atom stereocenters. The highest BCUT2D eigenvalue weighted by Gasteiger charge is 2.42. The third-order valence-electron chi connectivity index (χ3n) is 6.15. The molecule has 0 aliphatic carbocycles. The van der Waals surface area contributed by atoms with Crippen LogP contribution in [0.5, 0.6) is 0 Å². The monoisotopic (exact) mass is 476 g/mol. The predicted octanol–water partition coefficient (Wildman–Crippen LogP) is 2.74. The average Bonchev–Trinajstić information content (AvgIpc) is 2.75. The van der Waals surface area contributed by atoms with Crippen molar-refractivity contribution in [2.45, 2.75) is 51.7 Å². The Bertz CT molecular complexity index is 1040. The Morgan fingerprint density at radius 1 is 1.15 bits per heavy atom. The number of benzene rings is 1. The maximum atomic E-state index is 15.0. The Morgan fingerprint density at radius 3 is 2.32 bits per heavy atom. The number of anilines is 2. The normalized spacial score (nSPS) is 16.6. The van der Waals surface area contributed by atoms with E-state index in [2.05, 4.69) is 20.6 Å². The van der Waals surface area contributed by atoms with Crippen LogP contribution in [-0.4, -0.2) is 51.7 Å². The number of aromatic nitrogens is 2. The van der Waals surface area contributed by atoms with Gasteiger partial charge in [-0.3, -0.25) is 9.59 Å². The van der Waals surface area contributed by atoms with Crippen molar-refractivity contribution in [3.05, 3.63) is 47.8 Å². The number of nitrogens with two attached hydrogens (primary N) is 1. The molecule has 3 rings (SSSR count). The number of amides is 1. The van der Waals surface area contributed by atoms with E-state index in [-0.39, 0.29) is 11.7 Å². The zero-order valence-electron chi connectivity index (χ0n) is 19.4. The maximum absolute atomic E-state index is 15.0. The number of halogens is 2. The highest BCUT2D eigenvalue weighted by molar-refractivity contribution is 5.95. The van der Waals surface area contributed by atoms with Gasteiger partial charge in [0.05, 0.1) is 17.7 Å². The van der Waals surface area contributed by atoms with E-state index in [1.165, 1.54) is 12.1 Å². The lowest BCUT2D eigenvalue weighted by atomic mass is 9.78. The molecule has 0 saturated carbocycles. The average molecular weight is 477 g/mol. The van der Waals surface area contributed by atoms with Crippen LogP contribution in [0.3, 0.4) is 0 Å². The minimum Gasteiger partial charge on any atom is -0.481 e. The lowest BCUT2D eigenvalue weighted by Crippen LogP contribution is -2.64. The molecule has 0 spiro atoms. The number of carbonyl (C=O) groups is 2. The molecule has 5 N–H and O–H groups in total. The molecule has 0 bridgehead atoms. The minimum atomic E-state index is -1.67. The van der Waals surface area contributed by atoms with Gasteiger partial charge in [0.1, 0.15) is 5.66 Å². The molecule has 1 atom stereocenters. The molecule has 1 aromatic carbocycles. The van der Waals surface area contributed by atoms with Gasteiger partial charge < -0.3 is 26.4 Å². The highest BCUT2D eigenvalue weighted by Crippen LogP contribution is 2.31. The number of carboxylic acid groups (broad SMARTS) is 1. The maximum Gasteiger partial charge on any atom is 0.307 e. The fourth-order valence-electron chi connectivity index (χ4n) is 3.79. The summed E-state index contributed by atoms with van der Waals surface area (Å²) in [6.07, 6.45) is 4.02. The van der Waals surface area contributed by atoms with Crippen LogP contribution in [0.15, 0.2) is 30.6 Å². The van der Waals surface area contributed by atoms with Gasteiger partial charge in [-0.05, 0) is 36.5 Å². The Labute approximate surface area is 196 Å². The summed E-state index contributed by atoms with van der Waals surface area (Å²) in [5.74, 6) is -4.13. The van der Waals surface area contributed by atoms with Crippen LogP contribution in [0, 0.1) is 17.0 Å². The molecule has 1 saturated heterocycles. The molecule has 9 nitrogen and oxygen atoms in total. The number of rotatable bonds is 7. The van der Waals surface area contributed by atoms with Gasteiger partial charge >= 0.3 is 5.97 Å². The van der Waals surface area contributed by atoms with E-state index < -0.39 is 46.6 Å². The summed E-state index contributed by atoms with van der Waals surface area (Å²) in [5.41, 5.74) is 3.15. The Hall–Kier alpha value is -3.34. The summed E-state index contributed by atoms with van der Waals surface area (Å²) in [6, 6.07) is 4.36. The molecule has 0 radical (unpaired) electrons. The van der Waals surface area contributed by atoms with Crippen LogP contribution in [0.4, 0.5) is 20.4 Å². The predicted molar refractivity (Wildman–Crippen MR) is 123 cm³/mol. The van der Waals surface area contributed by atoms with Crippen molar-refractivity contribution in [1.29, 1.82) is 0 Å². The van der Waals surface area contributed by atoms with E-state index in [9.17, 15) is 23.5 Å². The molecule has 184 valence electrons. The molecular weight excluding hydrogens is 446 g/mol. The van der Waals surface area contributed by atoms with Crippen molar-refractivity contribution in [1.82, 2.24) is 15.3 Å². The van der Waals surface area contributed by atoms with E-state index >= 15 is 0 Å². The van der Waals surface area contributed by atoms with Gasteiger partial charge in [-0.25, -0.2) is 18.7 Å². The van der Waals surface area contributed by atoms with Crippen LogP contribution < -0.4 is 21.3 Å². The topological polar surface area (TPSA) is 133 Å². The van der Waals surface area contributed by atoms with Crippen molar-refractivity contribution in [3.8, 4) is 0 Å². The molecule has 11 heteroatoms. The van der Waals surface area contributed by atoms with Crippen molar-refractivity contribution in [3.63, 3.8) is 0 Å². The first-order chi connectivity index (χ1) is 15.9. The first-order valence-electron chi connectivity index (χ1n) is 11.0.